The normalized spacial score (nSPS) is 10.2. The summed E-state index contributed by atoms with van der Waals surface area (Å²) in [4.78, 5) is 23.2. The van der Waals surface area contributed by atoms with Gasteiger partial charge in [-0.25, -0.2) is 0 Å². The van der Waals surface area contributed by atoms with Crippen LogP contribution in [0.4, 0.5) is 11.4 Å². The van der Waals surface area contributed by atoms with Crippen molar-refractivity contribution in [1.29, 1.82) is 0 Å². The average Bonchev–Trinajstić information content (AvgIpc) is 2.63. The molecular weight excluding hydrogens is 344 g/mol. The molecule has 2 rings (SSSR count). The first-order valence-corrected chi connectivity index (χ1v) is 9.07. The van der Waals surface area contributed by atoms with Crippen molar-refractivity contribution in [3.05, 3.63) is 48.0 Å². The first-order chi connectivity index (χ1) is 13.0. The molecule has 27 heavy (non-hydrogen) atoms. The molecule has 0 aromatic heterocycles. The second-order valence-corrected chi connectivity index (χ2v) is 5.95. The van der Waals surface area contributed by atoms with E-state index in [0.717, 1.165) is 5.56 Å². The summed E-state index contributed by atoms with van der Waals surface area (Å²) < 4.78 is 11.2. The molecule has 0 unspecified atom stereocenters. The van der Waals surface area contributed by atoms with Crippen LogP contribution in [-0.2, 0) is 16.0 Å². The molecule has 2 aromatic rings. The number of aryl methyl sites for hydroxylation is 1. The molecule has 0 atom stereocenters. The SMILES string of the molecule is CCOc1ccc(CCC(=O)Nc2ccc(NC(C)=O)cc2)cc1OCC. The van der Waals surface area contributed by atoms with Gasteiger partial charge >= 0.3 is 0 Å². The molecule has 0 aliphatic carbocycles. The van der Waals surface area contributed by atoms with E-state index in [9.17, 15) is 9.59 Å². The van der Waals surface area contributed by atoms with Crippen molar-refractivity contribution in [1.82, 2.24) is 0 Å². The van der Waals surface area contributed by atoms with Gasteiger partial charge in [-0.3, -0.25) is 9.59 Å². The zero-order valence-corrected chi connectivity index (χ0v) is 16.0. The van der Waals surface area contributed by atoms with Crippen LogP contribution in [0.1, 0.15) is 32.8 Å². The van der Waals surface area contributed by atoms with Crippen molar-refractivity contribution in [2.24, 2.45) is 0 Å². The lowest BCUT2D eigenvalue weighted by Gasteiger charge is -2.12. The molecule has 0 spiro atoms. The predicted molar refractivity (Wildman–Crippen MR) is 106 cm³/mol. The molecular formula is C21H26N2O4. The molecule has 6 heteroatoms. The highest BCUT2D eigenvalue weighted by Gasteiger charge is 2.08. The second kappa shape index (κ2) is 10.2. The fourth-order valence-corrected chi connectivity index (χ4v) is 2.57. The van der Waals surface area contributed by atoms with Crippen LogP contribution in [0.5, 0.6) is 11.5 Å². The van der Waals surface area contributed by atoms with Crippen LogP contribution < -0.4 is 20.1 Å². The molecule has 0 radical (unpaired) electrons. The lowest BCUT2D eigenvalue weighted by molar-refractivity contribution is -0.116. The summed E-state index contributed by atoms with van der Waals surface area (Å²) in [5.74, 6) is 1.21. The van der Waals surface area contributed by atoms with Gasteiger partial charge < -0.3 is 20.1 Å². The Bertz CT molecular complexity index is 772. The topological polar surface area (TPSA) is 76.7 Å². The van der Waals surface area contributed by atoms with E-state index in [1.54, 1.807) is 24.3 Å². The van der Waals surface area contributed by atoms with Gasteiger partial charge in [0.2, 0.25) is 11.8 Å². The van der Waals surface area contributed by atoms with Crippen LogP contribution in [0.3, 0.4) is 0 Å². The third-order valence-corrected chi connectivity index (χ3v) is 3.74. The molecule has 2 N–H and O–H groups in total. The Hall–Kier alpha value is -3.02. The molecule has 0 aliphatic heterocycles. The Morgan fingerprint density at radius 1 is 0.852 bits per heavy atom. The minimum Gasteiger partial charge on any atom is -0.490 e. The molecule has 0 saturated heterocycles. The molecule has 6 nitrogen and oxygen atoms in total. The highest BCUT2D eigenvalue weighted by atomic mass is 16.5. The van der Waals surface area contributed by atoms with Gasteiger partial charge in [0.05, 0.1) is 13.2 Å². The summed E-state index contributed by atoms with van der Waals surface area (Å²) in [6.07, 6.45) is 0.954. The second-order valence-electron chi connectivity index (χ2n) is 5.95. The van der Waals surface area contributed by atoms with Crippen molar-refractivity contribution in [3.63, 3.8) is 0 Å². The number of benzene rings is 2. The molecule has 0 saturated carbocycles. The fourth-order valence-electron chi connectivity index (χ4n) is 2.57. The molecule has 2 amide bonds. The van der Waals surface area contributed by atoms with Gasteiger partial charge in [0.15, 0.2) is 11.5 Å². The first kappa shape index (κ1) is 20.3. The Kier molecular flexibility index (Phi) is 7.67. The largest absolute Gasteiger partial charge is 0.490 e. The maximum atomic E-state index is 12.2. The van der Waals surface area contributed by atoms with E-state index in [1.807, 2.05) is 32.0 Å². The van der Waals surface area contributed by atoms with Gasteiger partial charge in [-0.15, -0.1) is 0 Å². The van der Waals surface area contributed by atoms with Crippen LogP contribution in [0, 0.1) is 0 Å². The molecule has 0 bridgehead atoms. The highest BCUT2D eigenvalue weighted by Crippen LogP contribution is 2.29. The zero-order valence-electron chi connectivity index (χ0n) is 16.0. The number of amides is 2. The quantitative estimate of drug-likeness (QED) is 0.699. The smallest absolute Gasteiger partial charge is 0.224 e. The Balaban J connectivity index is 1.91. The van der Waals surface area contributed by atoms with Crippen molar-refractivity contribution < 1.29 is 19.1 Å². The van der Waals surface area contributed by atoms with E-state index < -0.39 is 0 Å². The van der Waals surface area contributed by atoms with Crippen molar-refractivity contribution >= 4 is 23.2 Å². The number of anilines is 2. The number of rotatable bonds is 9. The summed E-state index contributed by atoms with van der Waals surface area (Å²) in [6, 6.07) is 12.8. The maximum absolute atomic E-state index is 12.2. The predicted octanol–water partition coefficient (Wildman–Crippen LogP) is 4.01. The molecule has 0 aliphatic rings. The monoisotopic (exact) mass is 370 g/mol. The molecule has 144 valence electrons. The lowest BCUT2D eigenvalue weighted by atomic mass is 10.1. The van der Waals surface area contributed by atoms with Gasteiger partial charge in [0.1, 0.15) is 0 Å². The fraction of sp³-hybridized carbons (Fsp3) is 0.333. The number of carbonyl (C=O) groups is 2. The highest BCUT2D eigenvalue weighted by molar-refractivity contribution is 5.92. The van der Waals surface area contributed by atoms with Gasteiger partial charge in [-0.05, 0) is 62.2 Å². The summed E-state index contributed by atoms with van der Waals surface area (Å²) in [7, 11) is 0. The Morgan fingerprint density at radius 2 is 1.44 bits per heavy atom. The van der Waals surface area contributed by atoms with E-state index >= 15 is 0 Å². The van der Waals surface area contributed by atoms with E-state index in [0.29, 0.717) is 48.9 Å². The minimum atomic E-state index is -0.131. The van der Waals surface area contributed by atoms with Gasteiger partial charge in [0.25, 0.3) is 0 Å². The molecule has 2 aromatic carbocycles. The van der Waals surface area contributed by atoms with Gasteiger partial charge in [-0.1, -0.05) is 6.07 Å². The van der Waals surface area contributed by atoms with Crippen LogP contribution in [0.25, 0.3) is 0 Å². The number of nitrogens with one attached hydrogen (secondary N) is 2. The first-order valence-electron chi connectivity index (χ1n) is 9.07. The standard InChI is InChI=1S/C21H26N2O4/c1-4-26-19-12-6-16(14-20(19)27-5-2)7-13-21(25)23-18-10-8-17(9-11-18)22-15(3)24/h6,8-12,14H,4-5,7,13H2,1-3H3,(H,22,24)(H,23,25). The van der Waals surface area contributed by atoms with Crippen molar-refractivity contribution in [2.45, 2.75) is 33.6 Å². The Labute approximate surface area is 159 Å². The lowest BCUT2D eigenvalue weighted by Crippen LogP contribution is -2.12. The van der Waals surface area contributed by atoms with E-state index in [1.165, 1.54) is 6.92 Å². The zero-order chi connectivity index (χ0) is 19.6. The third kappa shape index (κ3) is 6.66. The van der Waals surface area contributed by atoms with Crippen molar-refractivity contribution in [3.8, 4) is 11.5 Å². The molecule has 0 heterocycles. The number of carbonyl (C=O) groups excluding carboxylic acids is 2. The summed E-state index contributed by atoms with van der Waals surface area (Å²) in [5.41, 5.74) is 2.40. The average molecular weight is 370 g/mol. The maximum Gasteiger partial charge on any atom is 0.224 e. The van der Waals surface area contributed by atoms with Gasteiger partial charge in [-0.2, -0.15) is 0 Å². The van der Waals surface area contributed by atoms with E-state index in [2.05, 4.69) is 10.6 Å². The van der Waals surface area contributed by atoms with Crippen LogP contribution in [-0.4, -0.2) is 25.0 Å². The Morgan fingerprint density at radius 3 is 2.04 bits per heavy atom. The summed E-state index contributed by atoms with van der Waals surface area (Å²) in [5, 5.41) is 5.54. The van der Waals surface area contributed by atoms with Crippen molar-refractivity contribution in [2.75, 3.05) is 23.8 Å². The summed E-state index contributed by atoms with van der Waals surface area (Å²) >= 11 is 0. The van der Waals surface area contributed by atoms with E-state index in [-0.39, 0.29) is 11.8 Å². The van der Waals surface area contributed by atoms with Crippen LogP contribution in [0.15, 0.2) is 42.5 Å². The third-order valence-electron chi connectivity index (χ3n) is 3.74. The summed E-state index contributed by atoms with van der Waals surface area (Å²) in [6.45, 7) is 6.43. The molecule has 0 fully saturated rings. The van der Waals surface area contributed by atoms with Crippen LogP contribution >= 0.6 is 0 Å². The number of hydrogen-bond donors (Lipinski definition) is 2. The minimum absolute atomic E-state index is 0.0749. The van der Waals surface area contributed by atoms with E-state index in [4.69, 9.17) is 9.47 Å². The number of hydrogen-bond acceptors (Lipinski definition) is 4. The number of ether oxygens (including phenoxy) is 2. The van der Waals surface area contributed by atoms with Crippen LogP contribution in [0.2, 0.25) is 0 Å². The van der Waals surface area contributed by atoms with Gasteiger partial charge in [0, 0.05) is 24.7 Å².